The van der Waals surface area contributed by atoms with Crippen LogP contribution in [0.15, 0.2) is 53.3 Å². The molecular formula is C27H30N6O4S. The summed E-state index contributed by atoms with van der Waals surface area (Å²) in [4.78, 5) is 39.6. The second-order valence-electron chi connectivity index (χ2n) is 8.14. The van der Waals surface area contributed by atoms with Gasteiger partial charge in [0.05, 0.1) is 13.7 Å². The zero-order valence-electron chi connectivity index (χ0n) is 21.7. The van der Waals surface area contributed by atoms with Crippen molar-refractivity contribution in [2.75, 3.05) is 42.8 Å². The van der Waals surface area contributed by atoms with E-state index in [1.165, 1.54) is 10.8 Å². The maximum Gasteiger partial charge on any atom is 0.270 e. The number of carbonyl (C=O) groups excluding carboxylic acids is 2. The molecule has 198 valence electrons. The topological polar surface area (TPSA) is 128 Å². The van der Waals surface area contributed by atoms with Crippen LogP contribution in [0.4, 0.5) is 17.1 Å². The number of likely N-dealkylation sites (N-methyl/N-ethyl adjacent to an activating group) is 1. The Morgan fingerprint density at radius 1 is 1.16 bits per heavy atom. The Balaban J connectivity index is 1.78. The van der Waals surface area contributed by atoms with Crippen molar-refractivity contribution < 1.29 is 14.3 Å². The Morgan fingerprint density at radius 2 is 1.89 bits per heavy atom. The number of ether oxygens (including phenoxy) is 1. The Morgan fingerprint density at radius 3 is 2.58 bits per heavy atom. The molecule has 38 heavy (non-hydrogen) atoms. The molecule has 0 radical (unpaired) electrons. The van der Waals surface area contributed by atoms with E-state index in [1.54, 1.807) is 45.2 Å². The Kier molecular flexibility index (Phi) is 9.67. The molecule has 0 saturated heterocycles. The van der Waals surface area contributed by atoms with Gasteiger partial charge < -0.3 is 25.6 Å². The van der Waals surface area contributed by atoms with Crippen LogP contribution >= 0.6 is 11.3 Å². The molecule has 0 spiro atoms. The fourth-order valence-corrected chi connectivity index (χ4v) is 4.71. The first-order chi connectivity index (χ1) is 18.3. The minimum atomic E-state index is -0.515. The number of benzene rings is 2. The number of rotatable bonds is 10. The van der Waals surface area contributed by atoms with Crippen LogP contribution in [0.25, 0.3) is 11.8 Å². The molecule has 1 heterocycles. The molecule has 0 fully saturated rings. The largest absolute Gasteiger partial charge is 0.497 e. The lowest BCUT2D eigenvalue weighted by Crippen LogP contribution is -2.34. The highest BCUT2D eigenvalue weighted by Gasteiger charge is 2.14. The van der Waals surface area contributed by atoms with Gasteiger partial charge in [-0.05, 0) is 44.2 Å². The summed E-state index contributed by atoms with van der Waals surface area (Å²) in [5.41, 5.74) is 1.68. The SMILES string of the molecule is CCNC(=O)C(C#N)=c1sc(=CNc2cccc(NC(=O)CN(C)c3cccc(OC)c3)c2)c(=O)n1CC. The maximum absolute atomic E-state index is 12.9. The summed E-state index contributed by atoms with van der Waals surface area (Å²) in [6, 6.07) is 16.4. The number of carbonyl (C=O) groups is 2. The van der Waals surface area contributed by atoms with Crippen molar-refractivity contribution in [1.82, 2.24) is 9.88 Å². The average Bonchev–Trinajstić information content (AvgIpc) is 3.22. The van der Waals surface area contributed by atoms with Crippen LogP contribution in [0, 0.1) is 11.3 Å². The molecule has 3 N–H and O–H groups in total. The second-order valence-corrected chi connectivity index (χ2v) is 9.17. The number of nitrogens with zero attached hydrogens (tertiary/aromatic N) is 3. The molecule has 1 aromatic heterocycles. The molecule has 11 heteroatoms. The number of aromatic nitrogens is 1. The number of hydrogen-bond donors (Lipinski definition) is 3. The molecule has 0 aliphatic rings. The van der Waals surface area contributed by atoms with E-state index >= 15 is 0 Å². The van der Waals surface area contributed by atoms with Crippen LogP contribution in [-0.4, -0.2) is 43.6 Å². The van der Waals surface area contributed by atoms with Gasteiger partial charge in [-0.25, -0.2) is 0 Å². The van der Waals surface area contributed by atoms with Crippen molar-refractivity contribution in [2.24, 2.45) is 0 Å². The lowest BCUT2D eigenvalue weighted by Gasteiger charge is -2.19. The molecule has 0 bridgehead atoms. The standard InChI is InChI=1S/C27H30N6O4S/c1-5-29-25(35)22(15-28)27-33(6-2)26(36)23(38-27)16-30-18-9-7-10-19(13-18)31-24(34)17-32(3)20-11-8-12-21(14-20)37-4/h7-14,16,30H,5-6,17H2,1-4H3,(H,29,35)(H,31,34). The van der Waals surface area contributed by atoms with E-state index in [0.29, 0.717) is 39.4 Å². The molecule has 2 amide bonds. The van der Waals surface area contributed by atoms with Gasteiger partial charge in [-0.15, -0.1) is 11.3 Å². The Hall–Kier alpha value is -4.56. The van der Waals surface area contributed by atoms with Crippen LogP contribution in [0.2, 0.25) is 0 Å². The third-order valence-corrected chi connectivity index (χ3v) is 6.64. The summed E-state index contributed by atoms with van der Waals surface area (Å²) < 4.78 is 7.29. The van der Waals surface area contributed by atoms with Crippen LogP contribution in [0.1, 0.15) is 13.8 Å². The normalized spacial score (nSPS) is 11.8. The summed E-state index contributed by atoms with van der Waals surface area (Å²) in [5, 5.41) is 18.1. The van der Waals surface area contributed by atoms with Crippen LogP contribution in [0.5, 0.6) is 5.75 Å². The van der Waals surface area contributed by atoms with Crippen LogP contribution < -0.4 is 40.3 Å². The Bertz CT molecular complexity index is 1540. The van der Waals surface area contributed by atoms with Crippen molar-refractivity contribution in [2.45, 2.75) is 20.4 Å². The highest BCUT2D eigenvalue weighted by Crippen LogP contribution is 2.20. The van der Waals surface area contributed by atoms with E-state index < -0.39 is 5.91 Å². The van der Waals surface area contributed by atoms with E-state index in [0.717, 1.165) is 17.0 Å². The summed E-state index contributed by atoms with van der Waals surface area (Å²) >= 11 is 1.07. The summed E-state index contributed by atoms with van der Waals surface area (Å²) in [5.74, 6) is -0.00661. The molecule has 0 unspecified atom stereocenters. The van der Waals surface area contributed by atoms with Crippen molar-refractivity contribution in [1.29, 1.82) is 5.26 Å². The first kappa shape index (κ1) is 28.0. The summed E-state index contributed by atoms with van der Waals surface area (Å²) in [6.45, 7) is 4.35. The summed E-state index contributed by atoms with van der Waals surface area (Å²) in [7, 11) is 3.41. The van der Waals surface area contributed by atoms with E-state index in [9.17, 15) is 19.6 Å². The minimum Gasteiger partial charge on any atom is -0.497 e. The third-order valence-electron chi connectivity index (χ3n) is 5.51. The van der Waals surface area contributed by atoms with Gasteiger partial charge in [0, 0.05) is 49.5 Å². The van der Waals surface area contributed by atoms with Crippen molar-refractivity contribution in [3.05, 3.63) is 68.1 Å². The van der Waals surface area contributed by atoms with Gasteiger partial charge in [-0.2, -0.15) is 5.26 Å². The lowest BCUT2D eigenvalue weighted by atomic mass is 10.2. The number of nitriles is 1. The zero-order chi connectivity index (χ0) is 27.7. The van der Waals surface area contributed by atoms with Gasteiger partial charge in [0.2, 0.25) is 5.91 Å². The molecule has 3 aromatic rings. The molecule has 10 nitrogen and oxygen atoms in total. The molecule has 0 aliphatic heterocycles. The molecule has 0 atom stereocenters. The molecule has 3 rings (SSSR count). The fraction of sp³-hybridized carbons (Fsp3) is 0.259. The second kappa shape index (κ2) is 13.1. The highest BCUT2D eigenvalue weighted by atomic mass is 32.1. The number of methoxy groups -OCH3 is 1. The van der Waals surface area contributed by atoms with Crippen molar-refractivity contribution >= 4 is 52.0 Å². The number of hydrogen-bond acceptors (Lipinski definition) is 8. The van der Waals surface area contributed by atoms with Gasteiger partial charge in [0.15, 0.2) is 5.57 Å². The Labute approximate surface area is 224 Å². The van der Waals surface area contributed by atoms with E-state index in [4.69, 9.17) is 4.74 Å². The first-order valence-corrected chi connectivity index (χ1v) is 12.8. The van der Waals surface area contributed by atoms with E-state index in [-0.39, 0.29) is 23.6 Å². The quantitative estimate of drug-likeness (QED) is 0.361. The number of anilines is 3. The third kappa shape index (κ3) is 6.80. The maximum atomic E-state index is 12.9. The van der Waals surface area contributed by atoms with Crippen molar-refractivity contribution in [3.8, 4) is 11.8 Å². The molecule has 2 aromatic carbocycles. The molecule has 0 aliphatic carbocycles. The monoisotopic (exact) mass is 534 g/mol. The van der Waals surface area contributed by atoms with Gasteiger partial charge in [0.1, 0.15) is 21.0 Å². The van der Waals surface area contributed by atoms with Crippen LogP contribution in [0.3, 0.4) is 0 Å². The lowest BCUT2D eigenvalue weighted by molar-refractivity contribution is -0.116. The molecule has 0 saturated carbocycles. The average molecular weight is 535 g/mol. The summed E-state index contributed by atoms with van der Waals surface area (Å²) in [6.07, 6.45) is 1.53. The zero-order valence-corrected chi connectivity index (χ0v) is 22.5. The van der Waals surface area contributed by atoms with E-state index in [1.807, 2.05) is 42.3 Å². The number of thiazole rings is 1. The minimum absolute atomic E-state index is 0.0981. The van der Waals surface area contributed by atoms with Gasteiger partial charge in [-0.3, -0.25) is 19.0 Å². The fourth-order valence-electron chi connectivity index (χ4n) is 3.63. The van der Waals surface area contributed by atoms with E-state index in [2.05, 4.69) is 16.0 Å². The van der Waals surface area contributed by atoms with Crippen molar-refractivity contribution in [3.63, 3.8) is 0 Å². The van der Waals surface area contributed by atoms with Gasteiger partial charge >= 0.3 is 0 Å². The predicted octanol–water partition coefficient (Wildman–Crippen LogP) is 1.67. The highest BCUT2D eigenvalue weighted by molar-refractivity contribution is 7.07. The number of amides is 2. The van der Waals surface area contributed by atoms with Gasteiger partial charge in [-0.1, -0.05) is 12.1 Å². The van der Waals surface area contributed by atoms with Crippen LogP contribution in [-0.2, 0) is 16.1 Å². The van der Waals surface area contributed by atoms with Gasteiger partial charge in [0.25, 0.3) is 11.5 Å². The first-order valence-electron chi connectivity index (χ1n) is 11.9. The number of nitrogens with one attached hydrogen (secondary N) is 3. The predicted molar refractivity (Wildman–Crippen MR) is 151 cm³/mol. The molecular weight excluding hydrogens is 504 g/mol. The smallest absolute Gasteiger partial charge is 0.270 e.